The van der Waals surface area contributed by atoms with E-state index in [9.17, 15) is 38.4 Å². The minimum atomic E-state index is -4.92. The van der Waals surface area contributed by atoms with Gasteiger partial charge in [0.2, 0.25) is 45.8 Å². The fraction of sp³-hybridized carbons (Fsp3) is 0.790. The zero-order valence-electron chi connectivity index (χ0n) is 51.2. The van der Waals surface area contributed by atoms with Crippen LogP contribution in [0.3, 0.4) is 0 Å². The van der Waals surface area contributed by atoms with Gasteiger partial charge in [-0.05, 0) is 173 Å². The zero-order valence-corrected chi connectivity index (χ0v) is 52.0. The molecule has 7 amide bonds. The molecule has 1 aromatic heterocycles. The van der Waals surface area contributed by atoms with Crippen LogP contribution in [-0.2, 0) is 55.7 Å². The third kappa shape index (κ3) is 16.2. The van der Waals surface area contributed by atoms with Crippen LogP contribution in [0, 0.1) is 58.2 Å². The number of carbonyl (C=O) groups excluding carboxylic acids is 8. The summed E-state index contributed by atoms with van der Waals surface area (Å²) in [5.41, 5.74) is 6.68. The number of pyridine rings is 1. The maximum absolute atomic E-state index is 14.5. The third-order valence-electron chi connectivity index (χ3n) is 20.8. The molecule has 0 spiro atoms. The number of hydrogen-bond donors (Lipinski definition) is 5. The Balaban J connectivity index is 0.00000194. The van der Waals surface area contributed by atoms with E-state index in [4.69, 9.17) is 28.0 Å². The molecule has 0 bridgehead atoms. The Kier molecular flexibility index (Phi) is 22.5. The highest BCUT2D eigenvalue weighted by Crippen LogP contribution is 2.68. The summed E-state index contributed by atoms with van der Waals surface area (Å²) in [7, 11) is -3.10. The molecule has 4 heterocycles. The van der Waals surface area contributed by atoms with Gasteiger partial charge in [0.05, 0.1) is 0 Å². The van der Waals surface area contributed by atoms with Crippen LogP contribution < -0.4 is 26.3 Å². The molecule has 470 valence electrons. The van der Waals surface area contributed by atoms with Crippen molar-refractivity contribution in [2.75, 3.05) is 26.2 Å². The normalized spacial score (nSPS) is 30.2. The summed E-state index contributed by atoms with van der Waals surface area (Å²) in [5.74, 6) is 1.17. The lowest BCUT2D eigenvalue weighted by molar-refractivity contribution is -0.671. The van der Waals surface area contributed by atoms with Crippen LogP contribution in [0.25, 0.3) is 0 Å². The number of esters is 1. The molecule has 4 aliphatic carbocycles. The second kappa shape index (κ2) is 28.5. The van der Waals surface area contributed by atoms with E-state index in [0.29, 0.717) is 68.5 Å². The van der Waals surface area contributed by atoms with E-state index in [1.807, 2.05) is 27.1 Å². The average Bonchev–Trinajstić information content (AvgIpc) is 1.46. The monoisotopic (exact) mass is 1190 g/mol. The van der Waals surface area contributed by atoms with Crippen LogP contribution >= 0.6 is 0 Å². The Morgan fingerprint density at radius 1 is 0.762 bits per heavy atom. The van der Waals surface area contributed by atoms with Gasteiger partial charge in [-0.2, -0.15) is 0 Å². The fourth-order valence-electron chi connectivity index (χ4n) is 16.8. The number of aryl methyl sites for hydroxylation is 1. The van der Waals surface area contributed by atoms with Crippen LogP contribution in [0.15, 0.2) is 24.5 Å². The number of nitrogens with zero attached hydrogens (tertiary/aromatic N) is 4. The summed E-state index contributed by atoms with van der Waals surface area (Å²) in [5, 5.41) is 8.41. The molecule has 1 aromatic rings. The van der Waals surface area contributed by atoms with Gasteiger partial charge in [0.15, 0.2) is 12.4 Å². The van der Waals surface area contributed by atoms with E-state index < -0.39 is 76.1 Å². The Morgan fingerprint density at radius 3 is 2.05 bits per heavy atom. The standard InChI is InChI=1S/C62H96N8O9.H2O4S/c1-38(2)14-9-15-40(5)45-22-23-46-44-21-20-42-35-43(26-28-61(42,6)47(44)27-29-62(45,46)7)79-54(72)36-64-56(74)50-17-11-31-68(50)59(77)49(34-39(3)4)66-55(73)48(24-25-53(63)71)65-57(75)51-18-12-32-69(51)60(78)52-19-13-33-70(52)58(76)41-16-10-30-67(8)37-41;1-5(2,3)4/h10,16,30,37-40,42-52H,9,11-15,17-29,31-36H2,1-8H3,(H4-,63,64,65,66,71,73,74,75);(H2,1,2,3,4)/t40-,42?,43?,44+,45-,46+,47+,48+,49+,50+,51+,52+,61+,62-;/m1./s1. The molecule has 0 aromatic carbocycles. The fourth-order valence-corrected chi connectivity index (χ4v) is 16.8. The first kappa shape index (κ1) is 66.3. The number of ether oxygens (including phenoxy) is 1. The highest BCUT2D eigenvalue weighted by Gasteiger charge is 2.61. The van der Waals surface area contributed by atoms with Crippen LogP contribution in [0.1, 0.15) is 194 Å². The number of carbonyl (C=O) groups is 8. The van der Waals surface area contributed by atoms with Crippen molar-refractivity contribution in [1.82, 2.24) is 30.7 Å². The van der Waals surface area contributed by atoms with Crippen molar-refractivity contribution in [1.29, 1.82) is 0 Å². The second-order valence-electron chi connectivity index (χ2n) is 27.3. The zero-order chi connectivity index (χ0) is 61.4. The summed E-state index contributed by atoms with van der Waals surface area (Å²) in [4.78, 5) is 115. The highest BCUT2D eigenvalue weighted by molar-refractivity contribution is 7.79. The van der Waals surface area contributed by atoms with Gasteiger partial charge in [-0.15, -0.1) is 0 Å². The van der Waals surface area contributed by atoms with Gasteiger partial charge in [0.25, 0.3) is 5.91 Å². The van der Waals surface area contributed by atoms with Crippen molar-refractivity contribution in [2.24, 2.45) is 71.0 Å². The van der Waals surface area contributed by atoms with Crippen LogP contribution in [0.5, 0.6) is 0 Å². The Hall–Kier alpha value is -5.22. The largest absolute Gasteiger partial charge is 0.726 e. The molecule has 22 heteroatoms. The van der Waals surface area contributed by atoms with Crippen molar-refractivity contribution in [3.63, 3.8) is 0 Å². The van der Waals surface area contributed by atoms with E-state index in [0.717, 1.165) is 54.8 Å². The topological polar surface area (TPSA) is 299 Å². The SMILES string of the molecule is CC(C)CCC[C@@H](C)[C@H]1CC[C@H]2[C@@H]3CCC4CC(OC(=O)CNC(=O)[C@@H]5CCCN5C(=O)[C@H](CC(C)C)NC(=O)[C@H](CCC(N)=O)NC(=O)[C@@H]5CCCN5C(=O)[C@@H]5CCCN5C(=O)c5ccc[n+](C)c5)CC[C@]4(C)[C@H]3CC[C@]12C.O=S(=O)([O-])O. The van der Waals surface area contributed by atoms with Crippen molar-refractivity contribution >= 4 is 57.7 Å². The molecule has 6 N–H and O–H groups in total. The van der Waals surface area contributed by atoms with Crippen molar-refractivity contribution in [3.8, 4) is 0 Å². The molecule has 3 aliphatic heterocycles. The number of primary amides is 1. The molecule has 21 nitrogen and oxygen atoms in total. The van der Waals surface area contributed by atoms with E-state index in [2.05, 4.69) is 50.6 Å². The van der Waals surface area contributed by atoms with Gasteiger partial charge in [-0.25, -0.2) is 13.0 Å². The number of nitrogens with two attached hydrogens (primary N) is 1. The molecular weight excluding hydrogens is 1100 g/mol. The van der Waals surface area contributed by atoms with Gasteiger partial charge in [0.1, 0.15) is 55.5 Å². The summed E-state index contributed by atoms with van der Waals surface area (Å²) in [6.07, 6.45) is 20.6. The summed E-state index contributed by atoms with van der Waals surface area (Å²) in [6, 6.07) is -1.41. The maximum atomic E-state index is 14.5. The van der Waals surface area contributed by atoms with Gasteiger partial charge in [-0.1, -0.05) is 67.7 Å². The van der Waals surface area contributed by atoms with Crippen molar-refractivity contribution in [2.45, 2.75) is 220 Å². The lowest BCUT2D eigenvalue weighted by Gasteiger charge is -2.61. The first-order valence-electron chi connectivity index (χ1n) is 31.5. The smallest absolute Gasteiger partial charge is 0.325 e. The number of amides is 7. The van der Waals surface area contributed by atoms with Crippen LogP contribution in [0.4, 0.5) is 0 Å². The molecule has 7 aliphatic rings. The molecular formula is C62H98N8O13S. The molecule has 14 atom stereocenters. The summed E-state index contributed by atoms with van der Waals surface area (Å²) in [6.45, 7) is 16.9. The van der Waals surface area contributed by atoms with Gasteiger partial charge < -0.3 is 45.7 Å². The molecule has 7 fully saturated rings. The second-order valence-corrected chi connectivity index (χ2v) is 28.1. The first-order valence-corrected chi connectivity index (χ1v) is 32.9. The molecule has 3 saturated heterocycles. The predicted molar refractivity (Wildman–Crippen MR) is 311 cm³/mol. The third-order valence-corrected chi connectivity index (χ3v) is 20.8. The van der Waals surface area contributed by atoms with Crippen molar-refractivity contribution in [3.05, 3.63) is 30.1 Å². The van der Waals surface area contributed by atoms with E-state index in [1.165, 1.54) is 67.6 Å². The summed E-state index contributed by atoms with van der Waals surface area (Å²) >= 11 is 0. The average molecular weight is 1200 g/mol. The lowest BCUT2D eigenvalue weighted by Crippen LogP contribution is -2.59. The molecule has 0 radical (unpaired) electrons. The first-order chi connectivity index (χ1) is 39.6. The number of likely N-dealkylation sites (tertiary alicyclic amines) is 3. The quantitative estimate of drug-likeness (QED) is 0.0438. The summed E-state index contributed by atoms with van der Waals surface area (Å²) < 4.78 is 40.7. The maximum Gasteiger partial charge on any atom is 0.325 e. The van der Waals surface area contributed by atoms with E-state index >= 15 is 0 Å². The van der Waals surface area contributed by atoms with E-state index in [1.54, 1.807) is 27.8 Å². The van der Waals surface area contributed by atoms with Gasteiger partial charge in [-0.3, -0.25) is 42.9 Å². The van der Waals surface area contributed by atoms with Crippen LogP contribution in [0.2, 0.25) is 0 Å². The minimum absolute atomic E-state index is 0.0633. The number of fused-ring (bicyclic) bond motifs is 5. The Bertz CT molecular complexity index is 2650. The number of hydrogen-bond acceptors (Lipinski definition) is 12. The van der Waals surface area contributed by atoms with Gasteiger partial charge in [0, 0.05) is 32.1 Å². The molecule has 2 unspecified atom stereocenters. The molecule has 4 saturated carbocycles. The van der Waals surface area contributed by atoms with Crippen molar-refractivity contribution < 1.29 is 65.2 Å². The molecule has 8 rings (SSSR count). The highest BCUT2D eigenvalue weighted by atomic mass is 32.3. The molecule has 84 heavy (non-hydrogen) atoms. The van der Waals surface area contributed by atoms with E-state index in [-0.39, 0.29) is 61.6 Å². The Labute approximate surface area is 498 Å². The number of aromatic nitrogens is 1. The van der Waals surface area contributed by atoms with Gasteiger partial charge >= 0.3 is 5.97 Å². The predicted octanol–water partition coefficient (Wildman–Crippen LogP) is 5.53. The Morgan fingerprint density at radius 2 is 1.39 bits per heavy atom. The lowest BCUT2D eigenvalue weighted by atomic mass is 9.44. The number of rotatable bonds is 21. The minimum Gasteiger partial charge on any atom is -0.726 e. The number of nitrogens with one attached hydrogen (secondary N) is 3. The van der Waals surface area contributed by atoms with Crippen LogP contribution in [-0.4, -0.2) is 142 Å².